The summed E-state index contributed by atoms with van der Waals surface area (Å²) in [5.74, 6) is 0. The number of amides is 2. The van der Waals surface area contributed by atoms with Crippen molar-refractivity contribution in [2.75, 3.05) is 76.1 Å². The molecule has 0 aromatic rings. The van der Waals surface area contributed by atoms with E-state index >= 15 is 0 Å². The van der Waals surface area contributed by atoms with Crippen LogP contribution in [0.5, 0.6) is 0 Å². The van der Waals surface area contributed by atoms with Crippen LogP contribution in [0, 0.1) is 0 Å². The molecule has 0 unspecified atom stereocenters. The molecular formula is C27H52Br2N4O4. The average molecular weight is 657 g/mol. The van der Waals surface area contributed by atoms with Gasteiger partial charge >= 0.3 is 12.2 Å². The molecule has 2 aliphatic rings. The first-order valence-corrected chi connectivity index (χ1v) is 16.1. The van der Waals surface area contributed by atoms with Gasteiger partial charge in [0, 0.05) is 63.0 Å². The minimum absolute atomic E-state index is 0.175. The first-order valence-electron chi connectivity index (χ1n) is 13.9. The molecule has 0 aromatic heterocycles. The van der Waals surface area contributed by atoms with E-state index in [1.165, 1.54) is 32.1 Å². The summed E-state index contributed by atoms with van der Waals surface area (Å²) in [5.41, 5.74) is -0.798. The molecule has 2 heterocycles. The van der Waals surface area contributed by atoms with Crippen LogP contribution in [0.1, 0.15) is 73.6 Å². The minimum atomic E-state index is -0.399. The molecule has 0 aliphatic carbocycles. The Labute approximate surface area is 243 Å². The molecule has 0 atom stereocenters. The lowest BCUT2D eigenvalue weighted by Gasteiger charge is -2.35. The smallest absolute Gasteiger partial charge is 0.410 e. The highest BCUT2D eigenvalue weighted by Gasteiger charge is 2.26. The highest BCUT2D eigenvalue weighted by molar-refractivity contribution is 9.09. The van der Waals surface area contributed by atoms with E-state index in [9.17, 15) is 9.59 Å². The van der Waals surface area contributed by atoms with E-state index in [2.05, 4.69) is 41.7 Å². The molecule has 218 valence electrons. The normalized spacial score (nSPS) is 17.7. The number of carbonyl (C=O) groups excluding carboxylic acids is 2. The number of carbonyl (C=O) groups is 2. The number of unbranched alkanes of at least 4 members (excludes halogenated alkanes) is 3. The molecule has 2 amide bonds. The van der Waals surface area contributed by atoms with Crippen LogP contribution >= 0.6 is 31.9 Å². The fraction of sp³-hybridized carbons (Fsp3) is 0.926. The van der Waals surface area contributed by atoms with Gasteiger partial charge in [0.1, 0.15) is 11.2 Å². The van der Waals surface area contributed by atoms with Crippen molar-refractivity contribution >= 4 is 44.0 Å². The molecule has 2 rings (SSSR count). The molecule has 0 bridgehead atoms. The second kappa shape index (κ2) is 17.9. The van der Waals surface area contributed by atoms with E-state index in [-0.39, 0.29) is 12.2 Å². The summed E-state index contributed by atoms with van der Waals surface area (Å²) in [4.78, 5) is 32.3. The average Bonchev–Trinajstić information content (AvgIpc) is 2.81. The largest absolute Gasteiger partial charge is 0.444 e. The van der Waals surface area contributed by atoms with Gasteiger partial charge in [-0.15, -0.1) is 0 Å². The van der Waals surface area contributed by atoms with Gasteiger partial charge in [-0.2, -0.15) is 0 Å². The highest BCUT2D eigenvalue weighted by atomic mass is 79.9. The minimum Gasteiger partial charge on any atom is -0.444 e. The predicted octanol–water partition coefficient (Wildman–Crippen LogP) is 5.82. The first-order chi connectivity index (χ1) is 17.3. The lowest BCUT2D eigenvalue weighted by Crippen LogP contribution is -2.50. The van der Waals surface area contributed by atoms with Crippen LogP contribution in [0.3, 0.4) is 0 Å². The number of hydrogen-bond acceptors (Lipinski definition) is 6. The lowest BCUT2D eigenvalue weighted by molar-refractivity contribution is 0.0135. The predicted molar refractivity (Wildman–Crippen MR) is 159 cm³/mol. The van der Waals surface area contributed by atoms with Gasteiger partial charge in [-0.05, 0) is 80.3 Å². The number of ether oxygens (including phenoxy) is 2. The summed E-state index contributed by atoms with van der Waals surface area (Å²) in [6.45, 7) is 20.7. The Hall–Kier alpha value is -0.580. The summed E-state index contributed by atoms with van der Waals surface area (Å²) >= 11 is 6.89. The third-order valence-corrected chi connectivity index (χ3v) is 7.14. The van der Waals surface area contributed by atoms with Crippen molar-refractivity contribution in [1.82, 2.24) is 19.6 Å². The Morgan fingerprint density at radius 3 is 1.22 bits per heavy atom. The van der Waals surface area contributed by atoms with Gasteiger partial charge in [0.05, 0.1) is 0 Å². The van der Waals surface area contributed by atoms with Crippen LogP contribution in [0.15, 0.2) is 0 Å². The third kappa shape index (κ3) is 16.9. The molecule has 8 nitrogen and oxygen atoms in total. The Balaban J connectivity index is 0.000000371. The lowest BCUT2D eigenvalue weighted by atomic mass is 10.2. The van der Waals surface area contributed by atoms with Crippen LogP contribution in [0.2, 0.25) is 0 Å². The van der Waals surface area contributed by atoms with Crippen molar-refractivity contribution in [3.8, 4) is 0 Å². The number of rotatable bonds is 9. The van der Waals surface area contributed by atoms with Gasteiger partial charge < -0.3 is 19.3 Å². The zero-order valence-corrected chi connectivity index (χ0v) is 27.4. The third-order valence-electron chi connectivity index (χ3n) is 6.01. The van der Waals surface area contributed by atoms with Crippen molar-refractivity contribution in [1.29, 1.82) is 0 Å². The molecule has 0 aromatic carbocycles. The van der Waals surface area contributed by atoms with E-state index in [0.717, 1.165) is 76.1 Å². The standard InChI is InChI=1S/C14H27BrN2O2.C13H25BrN2O2/c1-14(2,3)19-13(18)17-11-9-16(10-12-17)8-6-4-5-7-15;1-13(2,3)18-12(17)16-10-8-15(9-11-16)7-5-4-6-14/h4-12H2,1-3H3;4-11H2,1-3H3. The van der Waals surface area contributed by atoms with Crippen LogP contribution in [-0.4, -0.2) is 119 Å². The molecular weight excluding hydrogens is 604 g/mol. The Bertz CT molecular complexity index is 639. The van der Waals surface area contributed by atoms with Gasteiger partial charge in [0.15, 0.2) is 0 Å². The summed E-state index contributed by atoms with van der Waals surface area (Å²) in [6.07, 6.45) is 5.85. The second-order valence-electron chi connectivity index (χ2n) is 11.8. The van der Waals surface area contributed by atoms with Crippen molar-refractivity contribution in [3.63, 3.8) is 0 Å². The van der Waals surface area contributed by atoms with Crippen molar-refractivity contribution < 1.29 is 19.1 Å². The summed E-state index contributed by atoms with van der Waals surface area (Å²) in [6, 6.07) is 0. The number of halogens is 2. The molecule has 10 heteroatoms. The molecule has 2 aliphatic heterocycles. The SMILES string of the molecule is CC(C)(C)OC(=O)N1CCN(CCCCBr)CC1.CC(C)(C)OC(=O)N1CCN(CCCCCBr)CC1. The van der Waals surface area contributed by atoms with E-state index in [4.69, 9.17) is 9.47 Å². The number of piperazine rings is 2. The zero-order valence-electron chi connectivity index (χ0n) is 24.2. The molecule has 37 heavy (non-hydrogen) atoms. The maximum absolute atomic E-state index is 11.9. The molecule has 2 fully saturated rings. The fourth-order valence-electron chi connectivity index (χ4n) is 4.00. The van der Waals surface area contributed by atoms with Crippen LogP contribution in [0.4, 0.5) is 9.59 Å². The van der Waals surface area contributed by atoms with Gasteiger partial charge in [-0.1, -0.05) is 38.3 Å². The van der Waals surface area contributed by atoms with Crippen molar-refractivity contribution in [3.05, 3.63) is 0 Å². The van der Waals surface area contributed by atoms with Gasteiger partial charge in [0.2, 0.25) is 0 Å². The van der Waals surface area contributed by atoms with Gasteiger partial charge in [-0.3, -0.25) is 9.80 Å². The Morgan fingerprint density at radius 2 is 0.892 bits per heavy atom. The second-order valence-corrected chi connectivity index (χ2v) is 13.3. The number of nitrogens with zero attached hydrogens (tertiary/aromatic N) is 4. The van der Waals surface area contributed by atoms with Crippen molar-refractivity contribution in [2.24, 2.45) is 0 Å². The number of hydrogen-bond donors (Lipinski definition) is 0. The number of alkyl halides is 2. The van der Waals surface area contributed by atoms with Crippen LogP contribution in [-0.2, 0) is 9.47 Å². The quantitative estimate of drug-likeness (QED) is 0.231. The van der Waals surface area contributed by atoms with Crippen LogP contribution < -0.4 is 0 Å². The Kier molecular flexibility index (Phi) is 16.7. The summed E-state index contributed by atoms with van der Waals surface area (Å²) in [7, 11) is 0. The van der Waals surface area contributed by atoms with E-state index in [1.807, 2.05) is 51.3 Å². The monoisotopic (exact) mass is 654 g/mol. The summed E-state index contributed by atoms with van der Waals surface area (Å²) in [5, 5.41) is 2.17. The van der Waals surface area contributed by atoms with Gasteiger partial charge in [-0.25, -0.2) is 9.59 Å². The molecule has 2 saturated heterocycles. The van der Waals surface area contributed by atoms with Crippen molar-refractivity contribution in [2.45, 2.75) is 84.8 Å². The maximum Gasteiger partial charge on any atom is 0.410 e. The molecule has 0 radical (unpaired) electrons. The fourth-order valence-corrected chi connectivity index (χ4v) is 4.79. The molecule has 0 saturated carbocycles. The molecule has 0 spiro atoms. The van der Waals surface area contributed by atoms with E-state index < -0.39 is 11.2 Å². The molecule has 0 N–H and O–H groups in total. The van der Waals surface area contributed by atoms with Gasteiger partial charge in [0.25, 0.3) is 0 Å². The highest BCUT2D eigenvalue weighted by Crippen LogP contribution is 2.13. The van der Waals surface area contributed by atoms with Crippen LogP contribution in [0.25, 0.3) is 0 Å². The summed E-state index contributed by atoms with van der Waals surface area (Å²) < 4.78 is 10.8. The first kappa shape index (κ1) is 34.4. The Morgan fingerprint density at radius 1 is 0.568 bits per heavy atom. The van der Waals surface area contributed by atoms with E-state index in [0.29, 0.717) is 0 Å². The zero-order chi connectivity index (χ0) is 27.9. The topological polar surface area (TPSA) is 65.6 Å². The van der Waals surface area contributed by atoms with E-state index in [1.54, 1.807) is 0 Å². The maximum atomic E-state index is 11.9.